The number of nitrogens with zero attached hydrogens (tertiary/aromatic N) is 5. The Balaban J connectivity index is 1.36. The van der Waals surface area contributed by atoms with Crippen LogP contribution in [0.1, 0.15) is 29.5 Å². The molecule has 0 amide bonds. The van der Waals surface area contributed by atoms with E-state index < -0.39 is 40.4 Å². The summed E-state index contributed by atoms with van der Waals surface area (Å²) in [6.07, 6.45) is -9.39. The third-order valence-corrected chi connectivity index (χ3v) is 7.61. The fourth-order valence-corrected chi connectivity index (χ4v) is 5.57. The second kappa shape index (κ2) is 11.7. The van der Waals surface area contributed by atoms with E-state index in [4.69, 9.17) is 0 Å². The van der Waals surface area contributed by atoms with Crippen LogP contribution < -0.4 is 9.47 Å². The number of piperidine rings is 1. The first-order valence-corrected chi connectivity index (χ1v) is 13.5. The van der Waals surface area contributed by atoms with Crippen LogP contribution in [0.25, 0.3) is 11.4 Å². The molecule has 2 heterocycles. The lowest BCUT2D eigenvalue weighted by Crippen LogP contribution is -2.51. The molecule has 1 aliphatic rings. The highest BCUT2D eigenvalue weighted by molar-refractivity contribution is 5.54. The lowest BCUT2D eigenvalue weighted by Gasteiger charge is -2.50. The predicted octanol–water partition coefficient (Wildman–Crippen LogP) is 5.84. The minimum absolute atomic E-state index is 0.116. The Morgan fingerprint density at radius 2 is 1.30 bits per heavy atom. The molecule has 0 saturated carbocycles. The monoisotopic (exact) mass is 623 g/mol. The molecule has 3 aromatic carbocycles. The summed E-state index contributed by atoms with van der Waals surface area (Å²) < 4.78 is 83.6. The number of rotatable bonds is 8. The molecule has 234 valence electrons. The molecular formula is C29H27F6N5O4. The van der Waals surface area contributed by atoms with E-state index in [1.807, 2.05) is 0 Å². The van der Waals surface area contributed by atoms with Gasteiger partial charge in [0.15, 0.2) is 0 Å². The molecule has 0 unspecified atom stereocenters. The molecule has 0 spiro atoms. The summed E-state index contributed by atoms with van der Waals surface area (Å²) >= 11 is 0. The smallest absolute Gasteiger partial charge is 0.573 e. The van der Waals surface area contributed by atoms with Gasteiger partial charge in [-0.3, -0.25) is 0 Å². The SMILES string of the molecule is Cn1nnc(-c2ccc(C[N+]3([O-])CCC(C(O)(c4ccc(OC(F)(F)F)cc4)c4ccc(OC(F)(F)F)cc4)CC3)cc2)n1. The van der Waals surface area contributed by atoms with Crippen LogP contribution in [0.15, 0.2) is 72.8 Å². The third-order valence-electron chi connectivity index (χ3n) is 7.61. The van der Waals surface area contributed by atoms with E-state index in [1.165, 1.54) is 29.1 Å². The molecule has 0 radical (unpaired) electrons. The maximum absolute atomic E-state index is 13.7. The number of ether oxygens (including phenoxy) is 2. The Kier molecular flexibility index (Phi) is 8.31. The van der Waals surface area contributed by atoms with E-state index in [0.717, 1.165) is 35.4 Å². The van der Waals surface area contributed by atoms with Crippen LogP contribution in [0, 0.1) is 11.1 Å². The van der Waals surface area contributed by atoms with Crippen molar-refractivity contribution in [2.45, 2.75) is 37.7 Å². The van der Waals surface area contributed by atoms with Gasteiger partial charge in [-0.1, -0.05) is 48.5 Å². The second-order valence-electron chi connectivity index (χ2n) is 10.6. The molecular weight excluding hydrogens is 596 g/mol. The van der Waals surface area contributed by atoms with Crippen molar-refractivity contribution in [1.82, 2.24) is 20.2 Å². The van der Waals surface area contributed by atoms with Crippen molar-refractivity contribution in [3.05, 3.63) is 94.7 Å². The number of benzene rings is 3. The van der Waals surface area contributed by atoms with Crippen LogP contribution >= 0.6 is 0 Å². The number of likely N-dealkylation sites (tertiary alicyclic amines) is 1. The number of alkyl halides is 6. The molecule has 1 aliphatic heterocycles. The number of aromatic nitrogens is 4. The van der Waals surface area contributed by atoms with Crippen LogP contribution in [0.2, 0.25) is 0 Å². The van der Waals surface area contributed by atoms with E-state index in [0.29, 0.717) is 5.82 Å². The van der Waals surface area contributed by atoms with Crippen molar-refractivity contribution in [3.63, 3.8) is 0 Å². The summed E-state index contributed by atoms with van der Waals surface area (Å²) in [5.74, 6) is -1.15. The molecule has 9 nitrogen and oxygen atoms in total. The van der Waals surface area contributed by atoms with E-state index in [2.05, 4.69) is 24.9 Å². The maximum atomic E-state index is 13.7. The summed E-state index contributed by atoms with van der Waals surface area (Å²) in [7, 11) is 1.65. The lowest BCUT2D eigenvalue weighted by molar-refractivity contribution is -0.900. The lowest BCUT2D eigenvalue weighted by atomic mass is 9.72. The van der Waals surface area contributed by atoms with Gasteiger partial charge in [-0.25, -0.2) is 0 Å². The molecule has 4 aromatic rings. The average Bonchev–Trinajstić information content (AvgIpc) is 3.38. The number of aryl methyl sites for hydroxylation is 1. The summed E-state index contributed by atoms with van der Waals surface area (Å²) in [5, 5.41) is 37.8. The Morgan fingerprint density at radius 3 is 1.70 bits per heavy atom. The van der Waals surface area contributed by atoms with Gasteiger partial charge < -0.3 is 24.4 Å². The van der Waals surface area contributed by atoms with Crippen LogP contribution in [-0.2, 0) is 19.2 Å². The molecule has 5 rings (SSSR count). The third kappa shape index (κ3) is 7.29. The van der Waals surface area contributed by atoms with Gasteiger partial charge in [0.25, 0.3) is 0 Å². The number of tetrazole rings is 1. The van der Waals surface area contributed by atoms with Crippen molar-refractivity contribution in [3.8, 4) is 22.9 Å². The molecule has 0 aliphatic carbocycles. The van der Waals surface area contributed by atoms with Gasteiger partial charge in [0.2, 0.25) is 5.82 Å². The standard InChI is InChI=1S/C29H27F6N5O4/c1-39-37-26(36-38-39)20-4-2-19(3-5-20)18-40(42)16-14-23(15-17-40)27(41,21-6-10-24(11-7-21)43-28(30,31)32)22-8-12-25(13-9-22)44-29(33,34)35/h2-13,23,41H,14-18H2,1H3. The topological polar surface area (TPSA) is 105 Å². The minimum atomic E-state index is -4.92. The summed E-state index contributed by atoms with van der Waals surface area (Å²) in [4.78, 5) is 1.34. The van der Waals surface area contributed by atoms with E-state index in [-0.39, 0.29) is 43.6 Å². The first kappa shape index (κ1) is 31.2. The Morgan fingerprint density at radius 1 is 0.818 bits per heavy atom. The van der Waals surface area contributed by atoms with Gasteiger partial charge in [0.1, 0.15) is 23.6 Å². The normalized spacial score (nSPS) is 19.5. The van der Waals surface area contributed by atoms with Crippen molar-refractivity contribution >= 4 is 0 Å². The quantitative estimate of drug-likeness (QED) is 0.150. The van der Waals surface area contributed by atoms with Crippen molar-refractivity contribution in [1.29, 1.82) is 0 Å². The van der Waals surface area contributed by atoms with Crippen LogP contribution in [0.4, 0.5) is 26.3 Å². The molecule has 0 atom stereocenters. The second-order valence-corrected chi connectivity index (χ2v) is 10.6. The van der Waals surface area contributed by atoms with Crippen LogP contribution in [0.5, 0.6) is 11.5 Å². The van der Waals surface area contributed by atoms with E-state index in [9.17, 15) is 36.7 Å². The highest BCUT2D eigenvalue weighted by Crippen LogP contribution is 2.44. The number of hydroxylamine groups is 3. The van der Waals surface area contributed by atoms with Crippen molar-refractivity contribution in [2.24, 2.45) is 13.0 Å². The molecule has 44 heavy (non-hydrogen) atoms. The number of aliphatic hydroxyl groups is 1. The largest absolute Gasteiger partial charge is 0.633 e. The Bertz CT molecular complexity index is 1490. The first-order valence-electron chi connectivity index (χ1n) is 13.5. The summed E-state index contributed by atoms with van der Waals surface area (Å²) in [6.45, 7) is 0.391. The zero-order valence-electron chi connectivity index (χ0n) is 23.2. The highest BCUT2D eigenvalue weighted by Gasteiger charge is 2.44. The number of hydrogen-bond acceptors (Lipinski definition) is 7. The maximum Gasteiger partial charge on any atom is 0.573 e. The molecule has 1 saturated heterocycles. The van der Waals surface area contributed by atoms with Crippen LogP contribution in [0.3, 0.4) is 0 Å². The molecule has 1 aromatic heterocycles. The molecule has 15 heteroatoms. The van der Waals surface area contributed by atoms with Gasteiger partial charge in [0.05, 0.1) is 20.1 Å². The van der Waals surface area contributed by atoms with Gasteiger partial charge in [0, 0.05) is 29.9 Å². The van der Waals surface area contributed by atoms with Crippen LogP contribution in [-0.4, -0.2) is 55.8 Å². The first-order chi connectivity index (χ1) is 20.6. The fourth-order valence-electron chi connectivity index (χ4n) is 5.57. The molecule has 0 bridgehead atoms. The minimum Gasteiger partial charge on any atom is -0.633 e. The zero-order valence-corrected chi connectivity index (χ0v) is 23.2. The summed E-state index contributed by atoms with van der Waals surface area (Å²) in [6, 6.07) is 16.5. The highest BCUT2D eigenvalue weighted by atomic mass is 19.4. The van der Waals surface area contributed by atoms with Crippen molar-refractivity contribution in [2.75, 3.05) is 13.1 Å². The number of halogens is 6. The Hall–Kier alpha value is -4.21. The van der Waals surface area contributed by atoms with Crippen molar-refractivity contribution < 1.29 is 45.6 Å². The average molecular weight is 624 g/mol. The Labute approximate surface area is 247 Å². The number of hydrogen-bond donors (Lipinski definition) is 1. The van der Waals surface area contributed by atoms with E-state index in [1.54, 1.807) is 31.3 Å². The van der Waals surface area contributed by atoms with Gasteiger partial charge >= 0.3 is 12.7 Å². The fraction of sp³-hybridized carbons (Fsp3) is 0.345. The summed E-state index contributed by atoms with van der Waals surface area (Å²) in [5.41, 5.74) is 0.0638. The number of quaternary nitrogens is 1. The van der Waals surface area contributed by atoms with Gasteiger partial charge in [-0.15, -0.1) is 36.5 Å². The molecule has 1 N–H and O–H groups in total. The predicted molar refractivity (Wildman–Crippen MR) is 143 cm³/mol. The zero-order chi connectivity index (χ0) is 31.8. The van der Waals surface area contributed by atoms with Gasteiger partial charge in [-0.2, -0.15) is 4.80 Å². The molecule has 1 fully saturated rings. The van der Waals surface area contributed by atoms with E-state index >= 15 is 0 Å². The van der Waals surface area contributed by atoms with Gasteiger partial charge in [-0.05, 0) is 40.6 Å².